The van der Waals surface area contributed by atoms with E-state index in [0.29, 0.717) is 0 Å². The molecule has 1 heterocycles. The van der Waals surface area contributed by atoms with Crippen molar-refractivity contribution in [2.75, 3.05) is 20.6 Å². The third kappa shape index (κ3) is 4.61. The first-order chi connectivity index (χ1) is 9.88. The van der Waals surface area contributed by atoms with Gasteiger partial charge in [-0.15, -0.1) is 11.3 Å². The third-order valence-corrected chi connectivity index (χ3v) is 5.13. The first kappa shape index (κ1) is 16.6. The summed E-state index contributed by atoms with van der Waals surface area (Å²) in [5.41, 5.74) is 2.40. The highest BCUT2D eigenvalue weighted by molar-refractivity contribution is 9.10. The molecular weight excluding hydrogens is 346 g/mol. The molecule has 0 radical (unpaired) electrons. The van der Waals surface area contributed by atoms with Crippen molar-refractivity contribution in [2.45, 2.75) is 25.9 Å². The normalized spacial score (nSPS) is 12.1. The van der Waals surface area contributed by atoms with Crippen molar-refractivity contribution in [3.63, 3.8) is 0 Å². The Morgan fingerprint density at radius 2 is 2.10 bits per heavy atom. The van der Waals surface area contributed by atoms with Gasteiger partial charge < -0.3 is 10.2 Å². The number of aromatic nitrogens is 1. The number of nitrogens with zero attached hydrogens (tertiary/aromatic N) is 2. The quantitative estimate of drug-likeness (QED) is 0.835. The van der Waals surface area contributed by atoms with E-state index in [1.54, 1.807) is 11.3 Å². The van der Waals surface area contributed by atoms with Gasteiger partial charge >= 0.3 is 0 Å². The lowest BCUT2D eigenvalue weighted by Crippen LogP contribution is -2.46. The molecule has 1 aromatic carbocycles. The molecule has 0 bridgehead atoms. The minimum Gasteiger partial charge on any atom is -0.309 e. The average Bonchev–Trinajstić information content (AvgIpc) is 2.87. The summed E-state index contributed by atoms with van der Waals surface area (Å²) in [5.74, 6) is 0. The standard InChI is InChI=1S/C16H22BrN3S/c1-16(2,20(3)4)11-18-9-14-10-21-15(19-14)12-6-5-7-13(17)8-12/h5-8,10,18H,9,11H2,1-4H3. The highest BCUT2D eigenvalue weighted by Crippen LogP contribution is 2.26. The smallest absolute Gasteiger partial charge is 0.123 e. The lowest BCUT2D eigenvalue weighted by Gasteiger charge is -2.32. The first-order valence-electron chi connectivity index (χ1n) is 6.97. The fourth-order valence-corrected chi connectivity index (χ4v) is 3.01. The first-order valence-corrected chi connectivity index (χ1v) is 8.64. The van der Waals surface area contributed by atoms with Gasteiger partial charge in [-0.05, 0) is 40.1 Å². The van der Waals surface area contributed by atoms with Crippen molar-refractivity contribution in [2.24, 2.45) is 0 Å². The highest BCUT2D eigenvalue weighted by Gasteiger charge is 2.19. The molecule has 0 saturated carbocycles. The van der Waals surface area contributed by atoms with Crippen molar-refractivity contribution < 1.29 is 0 Å². The molecule has 1 N–H and O–H groups in total. The minimum absolute atomic E-state index is 0.142. The van der Waals surface area contributed by atoms with E-state index in [1.807, 2.05) is 12.1 Å². The van der Waals surface area contributed by atoms with Crippen molar-refractivity contribution >= 4 is 27.3 Å². The number of hydrogen-bond donors (Lipinski definition) is 1. The SMILES string of the molecule is CN(C)C(C)(C)CNCc1csc(-c2cccc(Br)c2)n1. The van der Waals surface area contributed by atoms with Crippen LogP contribution in [0.4, 0.5) is 0 Å². The Kier molecular flexibility index (Phi) is 5.54. The van der Waals surface area contributed by atoms with E-state index in [-0.39, 0.29) is 5.54 Å². The van der Waals surface area contributed by atoms with Crippen LogP contribution in [0, 0.1) is 0 Å². The summed E-state index contributed by atoms with van der Waals surface area (Å²) in [7, 11) is 4.21. The molecule has 21 heavy (non-hydrogen) atoms. The average molecular weight is 368 g/mol. The van der Waals surface area contributed by atoms with E-state index in [2.05, 4.69) is 71.6 Å². The number of halogens is 1. The van der Waals surface area contributed by atoms with Crippen LogP contribution in [0.25, 0.3) is 10.6 Å². The predicted molar refractivity (Wildman–Crippen MR) is 94.7 cm³/mol. The summed E-state index contributed by atoms with van der Waals surface area (Å²) in [6.07, 6.45) is 0. The molecule has 0 aliphatic carbocycles. The van der Waals surface area contributed by atoms with Gasteiger partial charge in [-0.2, -0.15) is 0 Å². The summed E-state index contributed by atoms with van der Waals surface area (Å²) >= 11 is 5.20. The molecule has 0 unspecified atom stereocenters. The van der Waals surface area contributed by atoms with Gasteiger partial charge in [0, 0.05) is 34.0 Å². The van der Waals surface area contributed by atoms with Gasteiger partial charge in [0.05, 0.1) is 5.69 Å². The topological polar surface area (TPSA) is 28.2 Å². The van der Waals surface area contributed by atoms with E-state index in [1.165, 1.54) is 0 Å². The Bertz CT molecular complexity index is 593. The summed E-state index contributed by atoms with van der Waals surface area (Å²) < 4.78 is 1.09. The van der Waals surface area contributed by atoms with Gasteiger partial charge in [-0.3, -0.25) is 0 Å². The van der Waals surface area contributed by atoms with Crippen molar-refractivity contribution in [3.8, 4) is 10.6 Å². The maximum Gasteiger partial charge on any atom is 0.123 e. The van der Waals surface area contributed by atoms with Crippen LogP contribution in [0.3, 0.4) is 0 Å². The molecule has 0 amide bonds. The minimum atomic E-state index is 0.142. The molecular formula is C16H22BrN3S. The van der Waals surface area contributed by atoms with Crippen LogP contribution in [0.2, 0.25) is 0 Å². The van der Waals surface area contributed by atoms with Gasteiger partial charge in [0.2, 0.25) is 0 Å². The number of thiazole rings is 1. The van der Waals surface area contributed by atoms with Crippen LogP contribution in [-0.2, 0) is 6.54 Å². The number of nitrogens with one attached hydrogen (secondary N) is 1. The van der Waals surface area contributed by atoms with E-state index < -0.39 is 0 Å². The van der Waals surface area contributed by atoms with E-state index in [9.17, 15) is 0 Å². The summed E-state index contributed by atoms with van der Waals surface area (Å²) in [6, 6.07) is 8.27. The van der Waals surface area contributed by atoms with Crippen molar-refractivity contribution in [1.29, 1.82) is 0 Å². The number of likely N-dealkylation sites (N-methyl/N-ethyl adjacent to an activating group) is 1. The Morgan fingerprint density at radius 1 is 1.33 bits per heavy atom. The van der Waals surface area contributed by atoms with Crippen LogP contribution in [-0.4, -0.2) is 36.1 Å². The maximum absolute atomic E-state index is 4.71. The van der Waals surface area contributed by atoms with Crippen LogP contribution in [0.1, 0.15) is 19.5 Å². The Labute approximate surface area is 139 Å². The molecule has 5 heteroatoms. The second-order valence-corrected chi connectivity index (χ2v) is 7.74. The zero-order valence-electron chi connectivity index (χ0n) is 13.0. The fourth-order valence-electron chi connectivity index (χ4n) is 1.80. The molecule has 114 valence electrons. The number of hydrogen-bond acceptors (Lipinski definition) is 4. The molecule has 0 spiro atoms. The lowest BCUT2D eigenvalue weighted by molar-refractivity contribution is 0.189. The third-order valence-electron chi connectivity index (χ3n) is 3.70. The second-order valence-electron chi connectivity index (χ2n) is 5.96. The zero-order valence-corrected chi connectivity index (χ0v) is 15.4. The van der Waals surface area contributed by atoms with Gasteiger partial charge in [0.25, 0.3) is 0 Å². The fraction of sp³-hybridized carbons (Fsp3) is 0.438. The van der Waals surface area contributed by atoms with E-state index >= 15 is 0 Å². The molecule has 0 fully saturated rings. The van der Waals surface area contributed by atoms with Gasteiger partial charge in [-0.1, -0.05) is 28.1 Å². The zero-order chi connectivity index (χ0) is 15.5. The monoisotopic (exact) mass is 367 g/mol. The van der Waals surface area contributed by atoms with Crippen molar-refractivity contribution in [1.82, 2.24) is 15.2 Å². The molecule has 2 rings (SSSR count). The van der Waals surface area contributed by atoms with Crippen molar-refractivity contribution in [3.05, 3.63) is 39.8 Å². The predicted octanol–water partition coefficient (Wildman–Crippen LogP) is 4.00. The summed E-state index contributed by atoms with van der Waals surface area (Å²) in [5, 5.41) is 6.69. The Hall–Kier alpha value is -0.750. The van der Waals surface area contributed by atoms with Crippen LogP contribution in [0.15, 0.2) is 34.1 Å². The van der Waals surface area contributed by atoms with Crippen LogP contribution >= 0.6 is 27.3 Å². The highest BCUT2D eigenvalue weighted by atomic mass is 79.9. The van der Waals surface area contributed by atoms with Gasteiger partial charge in [0.1, 0.15) is 5.01 Å². The number of benzene rings is 1. The Morgan fingerprint density at radius 3 is 2.76 bits per heavy atom. The van der Waals surface area contributed by atoms with Gasteiger partial charge in [-0.25, -0.2) is 4.98 Å². The molecule has 3 nitrogen and oxygen atoms in total. The Balaban J connectivity index is 1.95. The summed E-state index contributed by atoms with van der Waals surface area (Å²) in [4.78, 5) is 6.94. The molecule has 1 aromatic heterocycles. The van der Waals surface area contributed by atoms with E-state index in [4.69, 9.17) is 4.98 Å². The van der Waals surface area contributed by atoms with Gasteiger partial charge in [0.15, 0.2) is 0 Å². The maximum atomic E-state index is 4.71. The van der Waals surface area contributed by atoms with Crippen LogP contribution < -0.4 is 5.32 Å². The van der Waals surface area contributed by atoms with Crippen LogP contribution in [0.5, 0.6) is 0 Å². The molecule has 0 atom stereocenters. The largest absolute Gasteiger partial charge is 0.309 e. The molecule has 0 aliphatic heterocycles. The number of rotatable bonds is 6. The van der Waals surface area contributed by atoms with E-state index in [0.717, 1.165) is 33.8 Å². The molecule has 0 saturated heterocycles. The second kappa shape index (κ2) is 7.01. The lowest BCUT2D eigenvalue weighted by atomic mass is 10.0. The summed E-state index contributed by atoms with van der Waals surface area (Å²) in [6.45, 7) is 6.20. The molecule has 0 aliphatic rings. The molecule has 2 aromatic rings.